The lowest BCUT2D eigenvalue weighted by atomic mass is 10.3. The van der Waals surface area contributed by atoms with E-state index in [1.807, 2.05) is 37.4 Å². The SMILES string of the molecule is CN(c1nc2ccccc2[nH]1)c1ccc(Br)s1. The Hall–Kier alpha value is -1.33. The van der Waals surface area contributed by atoms with E-state index in [4.69, 9.17) is 0 Å². The third-order valence-electron chi connectivity index (χ3n) is 2.58. The summed E-state index contributed by atoms with van der Waals surface area (Å²) >= 11 is 5.15. The first-order valence-corrected chi connectivity index (χ1v) is 6.79. The number of para-hydroxylation sites is 2. The fraction of sp³-hybridized carbons (Fsp3) is 0.0833. The van der Waals surface area contributed by atoms with Gasteiger partial charge in [-0.1, -0.05) is 12.1 Å². The van der Waals surface area contributed by atoms with Crippen molar-refractivity contribution in [2.75, 3.05) is 11.9 Å². The first-order valence-electron chi connectivity index (χ1n) is 5.18. The van der Waals surface area contributed by atoms with Gasteiger partial charge in [-0.15, -0.1) is 11.3 Å². The molecule has 0 unspecified atom stereocenters. The molecule has 0 saturated heterocycles. The lowest BCUT2D eigenvalue weighted by molar-refractivity contribution is 1.12. The fourth-order valence-electron chi connectivity index (χ4n) is 1.69. The van der Waals surface area contributed by atoms with Crippen LogP contribution in [0.5, 0.6) is 0 Å². The van der Waals surface area contributed by atoms with Crippen LogP contribution in [0.15, 0.2) is 40.2 Å². The Kier molecular flexibility index (Phi) is 2.64. The van der Waals surface area contributed by atoms with Crippen molar-refractivity contribution < 1.29 is 0 Å². The van der Waals surface area contributed by atoms with Crippen molar-refractivity contribution in [1.82, 2.24) is 9.97 Å². The smallest absolute Gasteiger partial charge is 0.208 e. The average Bonchev–Trinajstić information content (AvgIpc) is 2.93. The highest BCUT2D eigenvalue weighted by Gasteiger charge is 2.10. The van der Waals surface area contributed by atoms with E-state index in [2.05, 4.69) is 36.9 Å². The second-order valence-electron chi connectivity index (χ2n) is 3.71. The summed E-state index contributed by atoms with van der Waals surface area (Å²) < 4.78 is 1.12. The standard InChI is InChI=1S/C12H10BrN3S/c1-16(11-7-6-10(13)17-11)12-14-8-4-2-3-5-9(8)15-12/h2-7H,1H3,(H,14,15). The van der Waals surface area contributed by atoms with Gasteiger partial charge in [-0.25, -0.2) is 4.98 Å². The van der Waals surface area contributed by atoms with Gasteiger partial charge in [-0.05, 0) is 40.2 Å². The van der Waals surface area contributed by atoms with Crippen molar-refractivity contribution in [1.29, 1.82) is 0 Å². The van der Waals surface area contributed by atoms with Crippen LogP contribution >= 0.6 is 27.3 Å². The Morgan fingerprint density at radius 3 is 2.76 bits per heavy atom. The second kappa shape index (κ2) is 4.16. The first kappa shape index (κ1) is 10.8. The number of hydrogen-bond donors (Lipinski definition) is 1. The Morgan fingerprint density at radius 1 is 1.24 bits per heavy atom. The topological polar surface area (TPSA) is 31.9 Å². The van der Waals surface area contributed by atoms with Gasteiger partial charge in [-0.3, -0.25) is 0 Å². The van der Waals surface area contributed by atoms with E-state index in [0.29, 0.717) is 0 Å². The molecule has 86 valence electrons. The molecule has 0 aliphatic rings. The molecule has 3 rings (SSSR count). The van der Waals surface area contributed by atoms with Crippen LogP contribution in [0.3, 0.4) is 0 Å². The lowest BCUT2D eigenvalue weighted by Crippen LogP contribution is -2.09. The highest BCUT2D eigenvalue weighted by atomic mass is 79.9. The number of nitrogens with one attached hydrogen (secondary N) is 1. The van der Waals surface area contributed by atoms with Gasteiger partial charge in [-0.2, -0.15) is 0 Å². The van der Waals surface area contributed by atoms with Crippen LogP contribution in [-0.2, 0) is 0 Å². The number of H-pyrrole nitrogens is 1. The fourth-order valence-corrected chi connectivity index (χ4v) is 3.01. The van der Waals surface area contributed by atoms with Crippen LogP contribution in [0.25, 0.3) is 11.0 Å². The quantitative estimate of drug-likeness (QED) is 0.771. The van der Waals surface area contributed by atoms with Crippen molar-refractivity contribution in [3.63, 3.8) is 0 Å². The van der Waals surface area contributed by atoms with Gasteiger partial charge >= 0.3 is 0 Å². The van der Waals surface area contributed by atoms with Crippen LogP contribution in [0.2, 0.25) is 0 Å². The van der Waals surface area contributed by atoms with Gasteiger partial charge in [0.2, 0.25) is 5.95 Å². The maximum absolute atomic E-state index is 4.56. The van der Waals surface area contributed by atoms with Gasteiger partial charge in [0.1, 0.15) is 0 Å². The van der Waals surface area contributed by atoms with Crippen LogP contribution in [-0.4, -0.2) is 17.0 Å². The summed E-state index contributed by atoms with van der Waals surface area (Å²) in [6.45, 7) is 0. The summed E-state index contributed by atoms with van der Waals surface area (Å²) in [5.74, 6) is 0.862. The summed E-state index contributed by atoms with van der Waals surface area (Å²) in [7, 11) is 2.01. The number of rotatable bonds is 2. The van der Waals surface area contributed by atoms with E-state index >= 15 is 0 Å². The van der Waals surface area contributed by atoms with Gasteiger partial charge in [0.05, 0.1) is 19.8 Å². The predicted octanol–water partition coefficient (Wildman–Crippen LogP) is 4.15. The summed E-state index contributed by atoms with van der Waals surface area (Å²) in [6.07, 6.45) is 0. The van der Waals surface area contributed by atoms with Gasteiger partial charge in [0.25, 0.3) is 0 Å². The maximum Gasteiger partial charge on any atom is 0.208 e. The molecule has 0 amide bonds. The lowest BCUT2D eigenvalue weighted by Gasteiger charge is -2.12. The van der Waals surface area contributed by atoms with Gasteiger partial charge in [0, 0.05) is 7.05 Å². The summed E-state index contributed by atoms with van der Waals surface area (Å²) in [5.41, 5.74) is 2.05. The molecule has 0 spiro atoms. The first-order chi connectivity index (χ1) is 8.24. The van der Waals surface area contributed by atoms with E-state index in [9.17, 15) is 0 Å². The number of halogens is 1. The summed E-state index contributed by atoms with van der Waals surface area (Å²) in [4.78, 5) is 9.92. The number of benzene rings is 1. The Morgan fingerprint density at radius 2 is 2.06 bits per heavy atom. The molecule has 0 atom stereocenters. The number of imidazole rings is 1. The third kappa shape index (κ3) is 1.96. The number of hydrogen-bond acceptors (Lipinski definition) is 3. The molecule has 1 N–H and O–H groups in total. The molecule has 2 heterocycles. The Balaban J connectivity index is 2.03. The number of fused-ring (bicyclic) bond motifs is 1. The summed E-state index contributed by atoms with van der Waals surface area (Å²) in [6, 6.07) is 12.2. The predicted molar refractivity (Wildman–Crippen MR) is 76.2 cm³/mol. The Labute approximate surface area is 111 Å². The highest BCUT2D eigenvalue weighted by Crippen LogP contribution is 2.32. The van der Waals surface area contributed by atoms with Crippen molar-refractivity contribution >= 4 is 49.2 Å². The molecule has 17 heavy (non-hydrogen) atoms. The van der Waals surface area contributed by atoms with Crippen LogP contribution < -0.4 is 4.90 Å². The van der Waals surface area contributed by atoms with Crippen LogP contribution in [0.4, 0.5) is 10.9 Å². The van der Waals surface area contributed by atoms with E-state index in [-0.39, 0.29) is 0 Å². The molecule has 3 aromatic rings. The highest BCUT2D eigenvalue weighted by molar-refractivity contribution is 9.11. The summed E-state index contributed by atoms with van der Waals surface area (Å²) in [5, 5.41) is 1.15. The zero-order chi connectivity index (χ0) is 11.8. The number of aromatic amines is 1. The molecular weight excluding hydrogens is 298 g/mol. The molecule has 0 aliphatic carbocycles. The van der Waals surface area contributed by atoms with Crippen molar-refractivity contribution in [3.05, 3.63) is 40.2 Å². The molecular formula is C12H10BrN3S. The normalized spacial score (nSPS) is 10.9. The molecule has 3 nitrogen and oxygen atoms in total. The molecule has 0 fully saturated rings. The minimum Gasteiger partial charge on any atom is -0.324 e. The monoisotopic (exact) mass is 307 g/mol. The molecule has 1 aromatic carbocycles. The molecule has 5 heteroatoms. The molecule has 2 aromatic heterocycles. The van der Waals surface area contributed by atoms with Crippen molar-refractivity contribution in [2.45, 2.75) is 0 Å². The number of anilines is 2. The largest absolute Gasteiger partial charge is 0.324 e. The third-order valence-corrected chi connectivity index (χ3v) is 4.28. The minimum atomic E-state index is 0.862. The van der Waals surface area contributed by atoms with E-state index in [1.165, 1.54) is 0 Å². The molecule has 0 bridgehead atoms. The van der Waals surface area contributed by atoms with Crippen molar-refractivity contribution in [2.24, 2.45) is 0 Å². The van der Waals surface area contributed by atoms with E-state index < -0.39 is 0 Å². The van der Waals surface area contributed by atoms with Gasteiger partial charge < -0.3 is 9.88 Å². The second-order valence-corrected chi connectivity index (χ2v) is 6.16. The van der Waals surface area contributed by atoms with Crippen LogP contribution in [0, 0.1) is 0 Å². The molecule has 0 aliphatic heterocycles. The van der Waals surface area contributed by atoms with E-state index in [0.717, 1.165) is 25.8 Å². The number of thiophene rings is 1. The van der Waals surface area contributed by atoms with Crippen LogP contribution in [0.1, 0.15) is 0 Å². The number of aromatic nitrogens is 2. The minimum absolute atomic E-state index is 0.862. The zero-order valence-corrected chi connectivity index (χ0v) is 11.5. The molecule has 0 saturated carbocycles. The van der Waals surface area contributed by atoms with Gasteiger partial charge in [0.15, 0.2) is 0 Å². The number of nitrogens with zero attached hydrogens (tertiary/aromatic N) is 2. The van der Waals surface area contributed by atoms with Crippen molar-refractivity contribution in [3.8, 4) is 0 Å². The van der Waals surface area contributed by atoms with E-state index in [1.54, 1.807) is 11.3 Å². The molecule has 0 radical (unpaired) electrons. The Bertz CT molecular complexity index is 625. The maximum atomic E-state index is 4.56. The zero-order valence-electron chi connectivity index (χ0n) is 9.14. The average molecular weight is 308 g/mol.